The van der Waals surface area contributed by atoms with Crippen molar-refractivity contribution in [3.8, 4) is 0 Å². The van der Waals surface area contributed by atoms with Gasteiger partial charge in [0.15, 0.2) is 5.16 Å². The minimum atomic E-state index is -0.493. The number of benzene rings is 2. The summed E-state index contributed by atoms with van der Waals surface area (Å²) in [6.45, 7) is 6.14. The first kappa shape index (κ1) is 23.7. The zero-order valence-electron chi connectivity index (χ0n) is 19.1. The number of piperazine rings is 1. The van der Waals surface area contributed by atoms with E-state index in [-0.39, 0.29) is 23.1 Å². The summed E-state index contributed by atoms with van der Waals surface area (Å²) in [6, 6.07) is 15.6. The molecule has 1 saturated heterocycles. The van der Waals surface area contributed by atoms with Gasteiger partial charge in [-0.15, -0.1) is 0 Å². The van der Waals surface area contributed by atoms with Gasteiger partial charge >= 0.3 is 0 Å². The molecule has 3 aromatic rings. The maximum Gasteiger partial charge on any atom is 0.256 e. The van der Waals surface area contributed by atoms with E-state index in [9.17, 15) is 14.0 Å². The number of anilines is 2. The number of aryl methyl sites for hydroxylation is 2. The number of thioether (sulfide) groups is 1. The molecule has 0 unspecified atom stereocenters. The number of nitrogens with one attached hydrogen (secondary N) is 1. The van der Waals surface area contributed by atoms with Crippen LogP contribution in [0.25, 0.3) is 0 Å². The molecule has 1 aliphatic rings. The molecule has 1 N–H and O–H groups in total. The Labute approximate surface area is 202 Å². The summed E-state index contributed by atoms with van der Waals surface area (Å²) in [6.07, 6.45) is 0. The number of carbonyl (C=O) groups excluding carboxylic acids is 2. The number of nitrogens with zero attached hydrogens (tertiary/aromatic N) is 4. The van der Waals surface area contributed by atoms with Crippen LogP contribution in [-0.4, -0.2) is 58.6 Å². The van der Waals surface area contributed by atoms with Crippen molar-refractivity contribution in [1.82, 2.24) is 14.9 Å². The number of hydrogen-bond acceptors (Lipinski definition) is 6. The molecule has 1 aromatic heterocycles. The quantitative estimate of drug-likeness (QED) is 0.427. The lowest BCUT2D eigenvalue weighted by atomic mass is 10.1. The van der Waals surface area contributed by atoms with Crippen LogP contribution in [0.15, 0.2) is 59.8 Å². The summed E-state index contributed by atoms with van der Waals surface area (Å²) in [5.74, 6) is -0.670. The summed E-state index contributed by atoms with van der Waals surface area (Å²) in [5, 5.41) is 3.49. The lowest BCUT2D eigenvalue weighted by Crippen LogP contribution is -2.49. The van der Waals surface area contributed by atoms with Crippen molar-refractivity contribution < 1.29 is 14.0 Å². The predicted octanol–water partition coefficient (Wildman–Crippen LogP) is 3.93. The molecule has 0 saturated carbocycles. The molecule has 0 spiro atoms. The third-order valence-corrected chi connectivity index (χ3v) is 6.33. The fourth-order valence-electron chi connectivity index (χ4n) is 3.81. The predicted molar refractivity (Wildman–Crippen MR) is 132 cm³/mol. The van der Waals surface area contributed by atoms with Gasteiger partial charge < -0.3 is 15.1 Å². The third kappa shape index (κ3) is 5.91. The summed E-state index contributed by atoms with van der Waals surface area (Å²) in [7, 11) is 0. The molecule has 0 radical (unpaired) electrons. The first-order valence-electron chi connectivity index (χ1n) is 11.0. The standard InChI is InChI=1S/C25H26FN5O2S/c1-17-15-18(2)28-25(27-17)34-16-23(32)29-19-7-9-20(10-8-19)30-11-13-31(14-12-30)24(33)21-5-3-4-6-22(21)26/h3-10,15H,11-14,16H2,1-2H3,(H,29,32). The number of amides is 2. The van der Waals surface area contributed by atoms with E-state index in [2.05, 4.69) is 20.2 Å². The van der Waals surface area contributed by atoms with Crippen LogP contribution in [0.4, 0.5) is 15.8 Å². The van der Waals surface area contributed by atoms with E-state index in [0.717, 1.165) is 17.1 Å². The SMILES string of the molecule is Cc1cc(C)nc(SCC(=O)Nc2ccc(N3CCN(C(=O)c4ccccc4F)CC3)cc2)n1. The summed E-state index contributed by atoms with van der Waals surface area (Å²) < 4.78 is 13.9. The van der Waals surface area contributed by atoms with Gasteiger partial charge in [0, 0.05) is 48.9 Å². The number of aromatic nitrogens is 2. The molecule has 2 aromatic carbocycles. The van der Waals surface area contributed by atoms with Gasteiger partial charge in [-0.2, -0.15) is 0 Å². The Morgan fingerprint density at radius 2 is 1.62 bits per heavy atom. The summed E-state index contributed by atoms with van der Waals surface area (Å²) >= 11 is 1.31. The van der Waals surface area contributed by atoms with Crippen molar-refractivity contribution in [3.63, 3.8) is 0 Å². The Hall–Kier alpha value is -3.46. The van der Waals surface area contributed by atoms with Crippen molar-refractivity contribution in [2.24, 2.45) is 0 Å². The molecular formula is C25H26FN5O2S. The Balaban J connectivity index is 1.27. The Kier molecular flexibility index (Phi) is 7.42. The smallest absolute Gasteiger partial charge is 0.256 e. The van der Waals surface area contributed by atoms with E-state index < -0.39 is 5.82 Å². The number of hydrogen-bond donors (Lipinski definition) is 1. The van der Waals surface area contributed by atoms with Gasteiger partial charge in [0.25, 0.3) is 5.91 Å². The second-order valence-corrected chi connectivity index (χ2v) is 9.02. The summed E-state index contributed by atoms with van der Waals surface area (Å²) in [4.78, 5) is 37.5. The number of rotatable bonds is 6. The van der Waals surface area contributed by atoms with Crippen LogP contribution >= 0.6 is 11.8 Å². The van der Waals surface area contributed by atoms with Crippen LogP contribution in [0.1, 0.15) is 21.7 Å². The minimum Gasteiger partial charge on any atom is -0.368 e. The van der Waals surface area contributed by atoms with Gasteiger partial charge in [-0.1, -0.05) is 23.9 Å². The average molecular weight is 480 g/mol. The lowest BCUT2D eigenvalue weighted by molar-refractivity contribution is -0.113. The number of halogens is 1. The van der Waals surface area contributed by atoms with E-state index in [4.69, 9.17) is 0 Å². The van der Waals surface area contributed by atoms with Crippen molar-refractivity contribution in [3.05, 3.63) is 77.4 Å². The van der Waals surface area contributed by atoms with E-state index in [1.54, 1.807) is 17.0 Å². The Morgan fingerprint density at radius 1 is 0.971 bits per heavy atom. The molecule has 176 valence electrons. The van der Waals surface area contributed by atoms with Gasteiger partial charge in [0.1, 0.15) is 5.82 Å². The van der Waals surface area contributed by atoms with E-state index in [0.29, 0.717) is 37.0 Å². The van der Waals surface area contributed by atoms with Crippen LogP contribution in [0, 0.1) is 19.7 Å². The molecule has 34 heavy (non-hydrogen) atoms. The second-order valence-electron chi connectivity index (χ2n) is 8.08. The second kappa shape index (κ2) is 10.6. The van der Waals surface area contributed by atoms with Crippen LogP contribution < -0.4 is 10.2 Å². The highest BCUT2D eigenvalue weighted by Crippen LogP contribution is 2.21. The molecule has 0 aliphatic carbocycles. The van der Waals surface area contributed by atoms with Gasteiger partial charge in [-0.05, 0) is 56.3 Å². The summed E-state index contributed by atoms with van der Waals surface area (Å²) in [5.41, 5.74) is 3.59. The molecular weight excluding hydrogens is 453 g/mol. The molecule has 0 bridgehead atoms. The highest BCUT2D eigenvalue weighted by atomic mass is 32.2. The monoisotopic (exact) mass is 479 g/mol. The van der Waals surface area contributed by atoms with Gasteiger partial charge in [0.2, 0.25) is 5.91 Å². The van der Waals surface area contributed by atoms with Crippen molar-refractivity contribution in [2.45, 2.75) is 19.0 Å². The van der Waals surface area contributed by atoms with Crippen LogP contribution in [0.3, 0.4) is 0 Å². The zero-order valence-corrected chi connectivity index (χ0v) is 19.9. The molecule has 0 atom stereocenters. The third-order valence-electron chi connectivity index (χ3n) is 5.48. The molecule has 7 nitrogen and oxygen atoms in total. The maximum atomic E-state index is 13.9. The van der Waals surface area contributed by atoms with Crippen molar-refractivity contribution >= 4 is 35.0 Å². The molecule has 1 aliphatic heterocycles. The van der Waals surface area contributed by atoms with Crippen LogP contribution in [0.5, 0.6) is 0 Å². The fraction of sp³-hybridized carbons (Fsp3) is 0.280. The van der Waals surface area contributed by atoms with E-state index in [1.807, 2.05) is 44.2 Å². The highest BCUT2D eigenvalue weighted by Gasteiger charge is 2.24. The maximum absolute atomic E-state index is 13.9. The lowest BCUT2D eigenvalue weighted by Gasteiger charge is -2.36. The molecule has 2 amide bonds. The Bertz CT molecular complexity index is 1160. The molecule has 4 rings (SSSR count). The molecule has 2 heterocycles. The van der Waals surface area contributed by atoms with E-state index in [1.165, 1.54) is 23.9 Å². The minimum absolute atomic E-state index is 0.110. The van der Waals surface area contributed by atoms with Crippen molar-refractivity contribution in [2.75, 3.05) is 42.1 Å². The fourth-order valence-corrected chi connectivity index (χ4v) is 4.56. The van der Waals surface area contributed by atoms with Crippen LogP contribution in [-0.2, 0) is 4.79 Å². The first-order chi connectivity index (χ1) is 16.4. The Morgan fingerprint density at radius 3 is 2.26 bits per heavy atom. The highest BCUT2D eigenvalue weighted by molar-refractivity contribution is 7.99. The van der Waals surface area contributed by atoms with Gasteiger partial charge in [-0.3, -0.25) is 9.59 Å². The van der Waals surface area contributed by atoms with Crippen molar-refractivity contribution in [1.29, 1.82) is 0 Å². The normalized spacial score (nSPS) is 13.6. The van der Waals surface area contributed by atoms with Crippen LogP contribution in [0.2, 0.25) is 0 Å². The number of carbonyl (C=O) groups is 2. The zero-order chi connectivity index (χ0) is 24.1. The van der Waals surface area contributed by atoms with E-state index >= 15 is 0 Å². The largest absolute Gasteiger partial charge is 0.368 e. The average Bonchev–Trinajstić information content (AvgIpc) is 2.83. The van der Waals surface area contributed by atoms with Gasteiger partial charge in [-0.25, -0.2) is 14.4 Å². The van der Waals surface area contributed by atoms with Gasteiger partial charge in [0.05, 0.1) is 11.3 Å². The molecule has 1 fully saturated rings. The topological polar surface area (TPSA) is 78.4 Å². The first-order valence-corrected chi connectivity index (χ1v) is 12.0. The molecule has 9 heteroatoms.